The van der Waals surface area contributed by atoms with Gasteiger partial charge < -0.3 is 11.1 Å². The van der Waals surface area contributed by atoms with Crippen molar-refractivity contribution in [2.75, 3.05) is 18.1 Å². The maximum absolute atomic E-state index is 13.7. The first kappa shape index (κ1) is 12.3. The van der Waals surface area contributed by atoms with Crippen LogP contribution >= 0.6 is 0 Å². The molecule has 2 heterocycles. The van der Waals surface area contributed by atoms with Gasteiger partial charge in [-0.05, 0) is 6.07 Å². The highest BCUT2D eigenvalue weighted by atomic mass is 19.1. The molecule has 0 atom stereocenters. The molecule has 0 aliphatic carbocycles. The van der Waals surface area contributed by atoms with E-state index in [1.165, 1.54) is 10.7 Å². The Hall–Kier alpha value is -2.77. The molecular formula is C12H12FN7. The van der Waals surface area contributed by atoms with E-state index in [0.717, 1.165) is 0 Å². The number of benzene rings is 1. The Morgan fingerprint density at radius 2 is 2.10 bits per heavy atom. The Kier molecular flexibility index (Phi) is 2.90. The number of hydrogen-bond donors (Lipinski definition) is 2. The first-order valence-electron chi connectivity index (χ1n) is 5.97. The van der Waals surface area contributed by atoms with Crippen LogP contribution in [0.5, 0.6) is 0 Å². The summed E-state index contributed by atoms with van der Waals surface area (Å²) in [5.74, 6) is 0.304. The van der Waals surface area contributed by atoms with Gasteiger partial charge in [0.15, 0.2) is 17.0 Å². The third-order valence-electron chi connectivity index (χ3n) is 2.89. The molecule has 3 rings (SSSR count). The predicted octanol–water partition coefficient (Wildman–Crippen LogP) is 1.03. The molecule has 0 aliphatic heterocycles. The molecule has 0 saturated heterocycles. The summed E-state index contributed by atoms with van der Waals surface area (Å²) in [4.78, 5) is 8.14. The third kappa shape index (κ3) is 2.00. The smallest absolute Gasteiger partial charge is 0.224 e. The largest absolute Gasteiger partial charge is 0.371 e. The highest BCUT2D eigenvalue weighted by Gasteiger charge is 2.14. The number of rotatable bonds is 3. The first-order chi connectivity index (χ1) is 9.69. The van der Waals surface area contributed by atoms with Crippen LogP contribution < -0.4 is 11.1 Å². The number of anilines is 2. The van der Waals surface area contributed by atoms with E-state index < -0.39 is 0 Å². The average molecular weight is 273 g/mol. The van der Waals surface area contributed by atoms with Gasteiger partial charge in [0.25, 0.3) is 0 Å². The van der Waals surface area contributed by atoms with Gasteiger partial charge in [-0.2, -0.15) is 9.97 Å². The van der Waals surface area contributed by atoms with Crippen LogP contribution in [0.2, 0.25) is 0 Å². The molecule has 0 radical (unpaired) electrons. The fourth-order valence-electron chi connectivity index (χ4n) is 1.94. The number of nitrogens with zero attached hydrogens (tertiary/aromatic N) is 5. The average Bonchev–Trinajstić information content (AvgIpc) is 2.83. The van der Waals surface area contributed by atoms with Crippen molar-refractivity contribution in [1.82, 2.24) is 25.0 Å². The van der Waals surface area contributed by atoms with Crippen LogP contribution in [0.4, 0.5) is 16.2 Å². The second kappa shape index (κ2) is 4.72. The number of fused-ring (bicyclic) bond motifs is 1. The van der Waals surface area contributed by atoms with Crippen molar-refractivity contribution < 1.29 is 4.39 Å². The molecule has 0 fully saturated rings. The molecule has 8 heteroatoms. The Balaban J connectivity index is 2.09. The van der Waals surface area contributed by atoms with Gasteiger partial charge in [-0.3, -0.25) is 0 Å². The molecular weight excluding hydrogens is 261 g/mol. The minimum absolute atomic E-state index is 0.110. The van der Waals surface area contributed by atoms with E-state index in [-0.39, 0.29) is 18.3 Å². The molecule has 20 heavy (non-hydrogen) atoms. The fourth-order valence-corrected chi connectivity index (χ4v) is 1.94. The first-order valence-corrected chi connectivity index (χ1v) is 5.97. The summed E-state index contributed by atoms with van der Waals surface area (Å²) < 4.78 is 15.2. The van der Waals surface area contributed by atoms with E-state index in [0.29, 0.717) is 22.5 Å². The molecule has 7 nitrogen and oxygen atoms in total. The van der Waals surface area contributed by atoms with Gasteiger partial charge in [-0.15, -0.1) is 5.10 Å². The fraction of sp³-hybridized carbons (Fsp3) is 0.167. The Morgan fingerprint density at radius 3 is 2.85 bits per heavy atom. The number of hydrogen-bond acceptors (Lipinski definition) is 6. The van der Waals surface area contributed by atoms with Crippen LogP contribution in [0.3, 0.4) is 0 Å². The predicted molar refractivity (Wildman–Crippen MR) is 72.6 cm³/mol. The van der Waals surface area contributed by atoms with Gasteiger partial charge in [0.2, 0.25) is 5.95 Å². The summed E-state index contributed by atoms with van der Waals surface area (Å²) in [7, 11) is 1.71. The zero-order valence-corrected chi connectivity index (χ0v) is 10.7. The summed E-state index contributed by atoms with van der Waals surface area (Å²) in [5, 5.41) is 10.9. The van der Waals surface area contributed by atoms with E-state index in [1.807, 2.05) is 0 Å². The molecule has 3 aromatic rings. The molecule has 0 amide bonds. The van der Waals surface area contributed by atoms with Crippen molar-refractivity contribution in [3.63, 3.8) is 0 Å². The number of nitrogens with two attached hydrogens (primary N) is 1. The van der Waals surface area contributed by atoms with Crippen molar-refractivity contribution in [3.8, 4) is 0 Å². The lowest BCUT2D eigenvalue weighted by atomic mass is 10.2. The molecule has 0 aliphatic rings. The van der Waals surface area contributed by atoms with E-state index in [2.05, 4.69) is 25.6 Å². The van der Waals surface area contributed by atoms with Crippen molar-refractivity contribution in [3.05, 3.63) is 35.6 Å². The molecule has 3 N–H and O–H groups in total. The second-order valence-electron chi connectivity index (χ2n) is 4.19. The van der Waals surface area contributed by atoms with Gasteiger partial charge in [-0.25, -0.2) is 9.07 Å². The molecule has 0 unspecified atom stereocenters. The summed E-state index contributed by atoms with van der Waals surface area (Å²) in [6.07, 6.45) is 0. The third-order valence-corrected chi connectivity index (χ3v) is 2.89. The van der Waals surface area contributed by atoms with Crippen molar-refractivity contribution in [2.24, 2.45) is 0 Å². The van der Waals surface area contributed by atoms with Gasteiger partial charge in [0.1, 0.15) is 5.82 Å². The molecule has 2 aromatic heterocycles. The number of aromatic nitrogens is 5. The van der Waals surface area contributed by atoms with Gasteiger partial charge in [-0.1, -0.05) is 23.4 Å². The normalized spacial score (nSPS) is 10.9. The van der Waals surface area contributed by atoms with E-state index in [9.17, 15) is 4.39 Å². The van der Waals surface area contributed by atoms with Crippen LogP contribution in [0.25, 0.3) is 11.2 Å². The Morgan fingerprint density at radius 1 is 1.30 bits per heavy atom. The molecule has 0 spiro atoms. The van der Waals surface area contributed by atoms with Gasteiger partial charge >= 0.3 is 0 Å². The Labute approximate surface area is 113 Å². The van der Waals surface area contributed by atoms with Crippen LogP contribution in [0.15, 0.2) is 24.3 Å². The highest BCUT2D eigenvalue weighted by molar-refractivity contribution is 5.83. The molecule has 0 saturated carbocycles. The minimum Gasteiger partial charge on any atom is -0.371 e. The van der Waals surface area contributed by atoms with Crippen LogP contribution in [0, 0.1) is 5.82 Å². The molecule has 0 bridgehead atoms. The number of nitrogens with one attached hydrogen (secondary N) is 1. The minimum atomic E-state index is -0.299. The lowest BCUT2D eigenvalue weighted by Gasteiger charge is -2.04. The maximum atomic E-state index is 13.7. The van der Waals surface area contributed by atoms with E-state index >= 15 is 0 Å². The number of halogens is 1. The number of nitrogen functional groups attached to an aromatic ring is 1. The highest BCUT2D eigenvalue weighted by Crippen LogP contribution is 2.19. The monoisotopic (exact) mass is 273 g/mol. The lowest BCUT2D eigenvalue weighted by molar-refractivity contribution is 0.582. The molecule has 102 valence electrons. The quantitative estimate of drug-likeness (QED) is 0.740. The summed E-state index contributed by atoms with van der Waals surface area (Å²) in [5.41, 5.74) is 7.11. The zero-order chi connectivity index (χ0) is 14.1. The second-order valence-corrected chi connectivity index (χ2v) is 4.19. The van der Waals surface area contributed by atoms with Crippen LogP contribution in [-0.4, -0.2) is 32.0 Å². The summed E-state index contributed by atoms with van der Waals surface area (Å²) in [6.45, 7) is 0.225. The van der Waals surface area contributed by atoms with Gasteiger partial charge in [0, 0.05) is 12.6 Å². The molecule has 1 aromatic carbocycles. The summed E-state index contributed by atoms with van der Waals surface area (Å²) >= 11 is 0. The van der Waals surface area contributed by atoms with Crippen LogP contribution in [-0.2, 0) is 6.54 Å². The van der Waals surface area contributed by atoms with Crippen molar-refractivity contribution >= 4 is 22.9 Å². The SMILES string of the molecule is CNc1nc(N)nc2c1nnn2Cc1ccccc1F. The van der Waals surface area contributed by atoms with E-state index in [4.69, 9.17) is 5.73 Å². The Bertz CT molecular complexity index is 768. The van der Waals surface area contributed by atoms with Crippen LogP contribution in [0.1, 0.15) is 5.56 Å². The standard InChI is InChI=1S/C12H12FN7/c1-15-10-9-11(17-12(14)16-10)20(19-18-9)6-7-4-2-3-5-8(7)13/h2-5H,6H2,1H3,(H3,14,15,16,17). The van der Waals surface area contributed by atoms with Crippen molar-refractivity contribution in [1.29, 1.82) is 0 Å². The van der Waals surface area contributed by atoms with E-state index in [1.54, 1.807) is 25.2 Å². The summed E-state index contributed by atoms with van der Waals surface area (Å²) in [6, 6.07) is 6.49. The topological polar surface area (TPSA) is 94.5 Å². The van der Waals surface area contributed by atoms with Crippen molar-refractivity contribution in [2.45, 2.75) is 6.54 Å². The maximum Gasteiger partial charge on any atom is 0.224 e. The van der Waals surface area contributed by atoms with Gasteiger partial charge in [0.05, 0.1) is 6.54 Å². The lowest BCUT2D eigenvalue weighted by Crippen LogP contribution is -2.07. The zero-order valence-electron chi connectivity index (χ0n) is 10.7.